The largest absolute Gasteiger partial charge is 0.478 e. The molecular weight excluding hydrogens is 338 g/mol. The predicted octanol–water partition coefficient (Wildman–Crippen LogP) is 2.30. The molecule has 1 amide bonds. The lowest BCUT2D eigenvalue weighted by atomic mass is 9.98. The standard InChI is InChI=1S/C18H21N3O3S/c1-20-9-7-19-18(20)25-12-16(22)21-8-6-14(11-21)10-13-2-4-15(5-3-13)17(23)24/h2-5,7,9,14H,6,8,10-12H2,1H3,(H,23,24)/t14-/m0/s1. The second kappa shape index (κ2) is 7.74. The van der Waals surface area contributed by atoms with Crippen molar-refractivity contribution in [1.82, 2.24) is 14.5 Å². The molecule has 1 aliphatic heterocycles. The molecule has 0 radical (unpaired) electrons. The van der Waals surface area contributed by atoms with Gasteiger partial charge in [-0.25, -0.2) is 9.78 Å². The van der Waals surface area contributed by atoms with Crippen LogP contribution in [0.15, 0.2) is 41.8 Å². The number of imidazole rings is 1. The van der Waals surface area contributed by atoms with Crippen molar-refractivity contribution in [2.45, 2.75) is 18.0 Å². The van der Waals surface area contributed by atoms with E-state index in [0.29, 0.717) is 17.2 Å². The molecule has 0 spiro atoms. The molecule has 1 aliphatic rings. The molecule has 132 valence electrons. The fraction of sp³-hybridized carbons (Fsp3) is 0.389. The monoisotopic (exact) mass is 359 g/mol. The van der Waals surface area contributed by atoms with E-state index in [1.165, 1.54) is 11.8 Å². The van der Waals surface area contributed by atoms with Crippen molar-refractivity contribution in [3.05, 3.63) is 47.8 Å². The Balaban J connectivity index is 1.48. The Hall–Kier alpha value is -2.28. The first-order valence-corrected chi connectivity index (χ1v) is 9.21. The maximum Gasteiger partial charge on any atom is 0.335 e. The number of carboxylic acid groups (broad SMARTS) is 1. The summed E-state index contributed by atoms with van der Waals surface area (Å²) in [6, 6.07) is 7.01. The molecule has 25 heavy (non-hydrogen) atoms. The Morgan fingerprint density at radius 1 is 1.32 bits per heavy atom. The lowest BCUT2D eigenvalue weighted by Gasteiger charge is -2.16. The van der Waals surface area contributed by atoms with Crippen molar-refractivity contribution >= 4 is 23.6 Å². The van der Waals surface area contributed by atoms with Gasteiger partial charge in [0.2, 0.25) is 5.91 Å². The van der Waals surface area contributed by atoms with Crippen molar-refractivity contribution in [1.29, 1.82) is 0 Å². The van der Waals surface area contributed by atoms with Crippen LogP contribution in [-0.2, 0) is 18.3 Å². The van der Waals surface area contributed by atoms with Gasteiger partial charge in [-0.05, 0) is 36.5 Å². The second-order valence-electron chi connectivity index (χ2n) is 6.31. The van der Waals surface area contributed by atoms with Gasteiger partial charge in [0.15, 0.2) is 5.16 Å². The van der Waals surface area contributed by atoms with E-state index < -0.39 is 5.97 Å². The molecule has 1 aromatic carbocycles. The molecule has 0 bridgehead atoms. The SMILES string of the molecule is Cn1ccnc1SCC(=O)N1CC[C@@H](Cc2ccc(C(=O)O)cc2)C1. The highest BCUT2D eigenvalue weighted by molar-refractivity contribution is 7.99. The van der Waals surface area contributed by atoms with Crippen LogP contribution in [0.2, 0.25) is 0 Å². The number of carbonyl (C=O) groups excluding carboxylic acids is 1. The number of carboxylic acids is 1. The molecule has 0 unspecified atom stereocenters. The number of hydrogen-bond donors (Lipinski definition) is 1. The Morgan fingerprint density at radius 2 is 2.08 bits per heavy atom. The van der Waals surface area contributed by atoms with Crippen molar-refractivity contribution in [3.63, 3.8) is 0 Å². The van der Waals surface area contributed by atoms with Gasteiger partial charge in [0.1, 0.15) is 0 Å². The van der Waals surface area contributed by atoms with Crippen LogP contribution in [0.1, 0.15) is 22.3 Å². The van der Waals surface area contributed by atoms with Crippen molar-refractivity contribution in [3.8, 4) is 0 Å². The third-order valence-electron chi connectivity index (χ3n) is 4.47. The quantitative estimate of drug-likeness (QED) is 0.801. The lowest BCUT2D eigenvalue weighted by Crippen LogP contribution is -2.30. The molecule has 7 heteroatoms. The molecular formula is C18H21N3O3S. The van der Waals surface area contributed by atoms with Crippen molar-refractivity contribution in [2.75, 3.05) is 18.8 Å². The van der Waals surface area contributed by atoms with E-state index in [-0.39, 0.29) is 5.91 Å². The average molecular weight is 359 g/mol. The number of likely N-dealkylation sites (tertiary alicyclic amines) is 1. The summed E-state index contributed by atoms with van der Waals surface area (Å²) in [7, 11) is 1.92. The summed E-state index contributed by atoms with van der Waals surface area (Å²) >= 11 is 1.46. The number of aromatic nitrogens is 2. The summed E-state index contributed by atoms with van der Waals surface area (Å²) in [4.78, 5) is 29.4. The van der Waals surface area contributed by atoms with E-state index >= 15 is 0 Å². The molecule has 1 atom stereocenters. The minimum Gasteiger partial charge on any atom is -0.478 e. The minimum atomic E-state index is -0.908. The molecule has 1 fully saturated rings. The first-order chi connectivity index (χ1) is 12.0. The first kappa shape index (κ1) is 17.5. The van der Waals surface area contributed by atoms with Gasteiger partial charge < -0.3 is 14.6 Å². The lowest BCUT2D eigenvalue weighted by molar-refractivity contribution is -0.127. The van der Waals surface area contributed by atoms with E-state index in [4.69, 9.17) is 5.11 Å². The molecule has 2 aromatic rings. The summed E-state index contributed by atoms with van der Waals surface area (Å²) in [6.07, 6.45) is 5.46. The minimum absolute atomic E-state index is 0.150. The van der Waals surface area contributed by atoms with Gasteiger partial charge >= 0.3 is 5.97 Å². The van der Waals surface area contributed by atoms with Gasteiger partial charge in [-0.3, -0.25) is 4.79 Å². The van der Waals surface area contributed by atoms with E-state index in [9.17, 15) is 9.59 Å². The highest BCUT2D eigenvalue weighted by atomic mass is 32.2. The normalized spacial score (nSPS) is 17.0. The number of rotatable bonds is 6. The van der Waals surface area contributed by atoms with Crippen molar-refractivity contribution < 1.29 is 14.7 Å². The Morgan fingerprint density at radius 3 is 2.72 bits per heavy atom. The van der Waals surface area contributed by atoms with E-state index in [2.05, 4.69) is 4.98 Å². The number of nitrogens with zero attached hydrogens (tertiary/aromatic N) is 3. The number of benzene rings is 1. The van der Waals surface area contributed by atoms with Crippen LogP contribution in [-0.4, -0.2) is 50.3 Å². The van der Waals surface area contributed by atoms with Gasteiger partial charge in [-0.2, -0.15) is 0 Å². The topological polar surface area (TPSA) is 75.4 Å². The van der Waals surface area contributed by atoms with Crippen LogP contribution >= 0.6 is 11.8 Å². The highest BCUT2D eigenvalue weighted by Gasteiger charge is 2.26. The van der Waals surface area contributed by atoms with E-state index in [1.54, 1.807) is 18.3 Å². The van der Waals surface area contributed by atoms with Gasteiger partial charge in [0, 0.05) is 32.5 Å². The van der Waals surface area contributed by atoms with Crippen LogP contribution in [0.4, 0.5) is 0 Å². The smallest absolute Gasteiger partial charge is 0.335 e. The average Bonchev–Trinajstić information content (AvgIpc) is 3.22. The van der Waals surface area contributed by atoms with Crippen LogP contribution < -0.4 is 0 Å². The van der Waals surface area contributed by atoms with Crippen molar-refractivity contribution in [2.24, 2.45) is 13.0 Å². The van der Waals surface area contributed by atoms with Crippen LogP contribution in [0.3, 0.4) is 0 Å². The summed E-state index contributed by atoms with van der Waals surface area (Å²) < 4.78 is 1.91. The summed E-state index contributed by atoms with van der Waals surface area (Å²) in [6.45, 7) is 1.55. The van der Waals surface area contributed by atoms with Gasteiger partial charge in [0.05, 0.1) is 11.3 Å². The molecule has 3 rings (SSSR count). The number of amides is 1. The zero-order valence-electron chi connectivity index (χ0n) is 14.1. The van der Waals surface area contributed by atoms with E-state index in [1.807, 2.05) is 34.8 Å². The number of carbonyl (C=O) groups is 2. The summed E-state index contributed by atoms with van der Waals surface area (Å²) in [5.41, 5.74) is 1.42. The van der Waals surface area contributed by atoms with Crippen LogP contribution in [0.5, 0.6) is 0 Å². The van der Waals surface area contributed by atoms with E-state index in [0.717, 1.165) is 36.7 Å². The molecule has 1 aromatic heterocycles. The highest BCUT2D eigenvalue weighted by Crippen LogP contribution is 2.23. The predicted molar refractivity (Wildman–Crippen MR) is 95.7 cm³/mol. The maximum atomic E-state index is 12.4. The number of thioether (sulfide) groups is 1. The van der Waals surface area contributed by atoms with Gasteiger partial charge in [-0.15, -0.1) is 0 Å². The zero-order valence-corrected chi connectivity index (χ0v) is 14.9. The van der Waals surface area contributed by atoms with Gasteiger partial charge in [0.25, 0.3) is 0 Å². The fourth-order valence-corrected chi connectivity index (χ4v) is 3.89. The Bertz CT molecular complexity index is 757. The third kappa shape index (κ3) is 4.42. The molecule has 0 aliphatic carbocycles. The Kier molecular flexibility index (Phi) is 5.43. The molecule has 6 nitrogen and oxygen atoms in total. The molecule has 2 heterocycles. The second-order valence-corrected chi connectivity index (χ2v) is 7.25. The molecule has 1 saturated heterocycles. The number of hydrogen-bond acceptors (Lipinski definition) is 4. The van der Waals surface area contributed by atoms with Crippen LogP contribution in [0.25, 0.3) is 0 Å². The maximum absolute atomic E-state index is 12.4. The number of aromatic carboxylic acids is 1. The van der Waals surface area contributed by atoms with Crippen LogP contribution in [0, 0.1) is 5.92 Å². The fourth-order valence-electron chi connectivity index (χ4n) is 3.05. The summed E-state index contributed by atoms with van der Waals surface area (Å²) in [5.74, 6) is 0.0779. The Labute approximate surface area is 150 Å². The summed E-state index contributed by atoms with van der Waals surface area (Å²) in [5, 5.41) is 9.79. The van der Waals surface area contributed by atoms with Gasteiger partial charge in [-0.1, -0.05) is 23.9 Å². The first-order valence-electron chi connectivity index (χ1n) is 8.23. The zero-order chi connectivity index (χ0) is 17.8. The molecule has 0 saturated carbocycles. The molecule has 1 N–H and O–H groups in total. The third-order valence-corrected chi connectivity index (χ3v) is 5.51. The number of aryl methyl sites for hydroxylation is 1.